The third-order valence-electron chi connectivity index (χ3n) is 9.99. The Hall–Kier alpha value is -6.85. The minimum Gasteiger partial charge on any atom is -0.455 e. The van der Waals surface area contributed by atoms with Crippen LogP contribution in [0.5, 0.6) is 0 Å². The maximum atomic E-state index is 6.57. The van der Waals surface area contributed by atoms with E-state index in [1.165, 1.54) is 0 Å². The molecule has 0 aliphatic heterocycles. The van der Waals surface area contributed by atoms with E-state index in [1.807, 2.05) is 36.4 Å². The van der Waals surface area contributed by atoms with Gasteiger partial charge in [-0.05, 0) is 42.5 Å². The molecule has 0 saturated carbocycles. The molecule has 4 heterocycles. The molecule has 0 aliphatic carbocycles. The van der Waals surface area contributed by atoms with E-state index in [4.69, 9.17) is 19.4 Å². The number of rotatable bonds is 3. The van der Waals surface area contributed by atoms with Crippen molar-refractivity contribution in [1.29, 1.82) is 0 Å². The SMILES string of the molecule is c1ccc(-c2nc(-n3c4ccccc4c4cc(-c5nc6ccccc6c6c5ccc5c7ccccc7oc56)ccc43)nc3ccccc23)cc1. The second kappa shape index (κ2) is 10.3. The van der Waals surface area contributed by atoms with Crippen LogP contribution in [0.1, 0.15) is 0 Å². The van der Waals surface area contributed by atoms with Gasteiger partial charge in [-0.2, -0.15) is 0 Å². The highest BCUT2D eigenvalue weighted by atomic mass is 16.3. The Morgan fingerprint density at radius 1 is 0.400 bits per heavy atom. The van der Waals surface area contributed by atoms with Crippen LogP contribution in [0, 0.1) is 0 Å². The van der Waals surface area contributed by atoms with E-state index in [9.17, 15) is 0 Å². The molecule has 232 valence electrons. The van der Waals surface area contributed by atoms with Gasteiger partial charge in [-0.25, -0.2) is 15.0 Å². The van der Waals surface area contributed by atoms with Crippen LogP contribution in [0.3, 0.4) is 0 Å². The molecular formula is C45H26N4O. The molecule has 7 aromatic carbocycles. The fourth-order valence-electron chi connectivity index (χ4n) is 7.75. The number of para-hydroxylation sites is 4. The quantitative estimate of drug-likeness (QED) is 0.181. The van der Waals surface area contributed by atoms with E-state index >= 15 is 0 Å². The van der Waals surface area contributed by atoms with Crippen molar-refractivity contribution < 1.29 is 4.42 Å². The van der Waals surface area contributed by atoms with Crippen LogP contribution in [0.2, 0.25) is 0 Å². The zero-order valence-corrected chi connectivity index (χ0v) is 26.7. The number of aromatic nitrogens is 4. The van der Waals surface area contributed by atoms with E-state index in [0.29, 0.717) is 5.95 Å². The van der Waals surface area contributed by atoms with Crippen LogP contribution in [-0.2, 0) is 0 Å². The lowest BCUT2D eigenvalue weighted by Crippen LogP contribution is -2.03. The maximum absolute atomic E-state index is 6.57. The van der Waals surface area contributed by atoms with Crippen molar-refractivity contribution in [1.82, 2.24) is 19.5 Å². The second-order valence-electron chi connectivity index (χ2n) is 12.8. The van der Waals surface area contributed by atoms with E-state index in [2.05, 4.69) is 126 Å². The van der Waals surface area contributed by atoms with Crippen molar-refractivity contribution in [2.75, 3.05) is 0 Å². The Morgan fingerprint density at radius 2 is 1.04 bits per heavy atom. The van der Waals surface area contributed by atoms with E-state index in [0.717, 1.165) is 98.8 Å². The lowest BCUT2D eigenvalue weighted by Gasteiger charge is -2.12. The molecule has 0 N–H and O–H groups in total. The lowest BCUT2D eigenvalue weighted by atomic mass is 9.97. The van der Waals surface area contributed by atoms with Crippen molar-refractivity contribution in [3.05, 3.63) is 158 Å². The van der Waals surface area contributed by atoms with Crippen molar-refractivity contribution in [2.45, 2.75) is 0 Å². The normalized spacial score (nSPS) is 12.0. The molecule has 5 heteroatoms. The first-order chi connectivity index (χ1) is 24.8. The van der Waals surface area contributed by atoms with Gasteiger partial charge >= 0.3 is 0 Å². The summed E-state index contributed by atoms with van der Waals surface area (Å²) in [6, 6.07) is 54.7. The van der Waals surface area contributed by atoms with Crippen molar-refractivity contribution >= 4 is 76.3 Å². The summed E-state index contributed by atoms with van der Waals surface area (Å²) in [5.41, 5.74) is 9.64. The molecule has 0 fully saturated rings. The van der Waals surface area contributed by atoms with Crippen LogP contribution in [0.4, 0.5) is 0 Å². The number of nitrogens with zero attached hydrogens (tertiary/aromatic N) is 4. The summed E-state index contributed by atoms with van der Waals surface area (Å²) in [7, 11) is 0. The van der Waals surface area contributed by atoms with Gasteiger partial charge in [0.15, 0.2) is 0 Å². The Labute approximate surface area is 285 Å². The topological polar surface area (TPSA) is 56.7 Å². The standard InChI is InChI=1S/C45H26N4O/c1-2-12-27(13-3-1)42-33-17-5-9-19-37(33)47-45(48-42)49-38-20-10-6-14-29(38)35-26-28(22-25-39(35)49)43-34-24-23-31-30-15-7-11-21-40(30)50-44(31)41(34)32-16-4-8-18-36(32)46-43/h1-26H. The number of hydrogen-bond donors (Lipinski definition) is 0. The van der Waals surface area contributed by atoms with Crippen LogP contribution >= 0.6 is 0 Å². The summed E-state index contributed by atoms with van der Waals surface area (Å²) in [6.07, 6.45) is 0. The highest BCUT2D eigenvalue weighted by Crippen LogP contribution is 2.42. The summed E-state index contributed by atoms with van der Waals surface area (Å²) in [6.45, 7) is 0. The van der Waals surface area contributed by atoms with Gasteiger partial charge in [0.05, 0.1) is 33.5 Å². The summed E-state index contributed by atoms with van der Waals surface area (Å²) in [5.74, 6) is 0.642. The molecule has 5 nitrogen and oxygen atoms in total. The second-order valence-corrected chi connectivity index (χ2v) is 12.8. The van der Waals surface area contributed by atoms with Crippen molar-refractivity contribution in [3.8, 4) is 28.5 Å². The fraction of sp³-hybridized carbons (Fsp3) is 0. The maximum Gasteiger partial charge on any atom is 0.235 e. The Morgan fingerprint density at radius 3 is 1.90 bits per heavy atom. The molecule has 0 radical (unpaired) electrons. The summed E-state index contributed by atoms with van der Waals surface area (Å²) >= 11 is 0. The summed E-state index contributed by atoms with van der Waals surface area (Å²) < 4.78 is 8.76. The third-order valence-corrected chi connectivity index (χ3v) is 9.99. The summed E-state index contributed by atoms with van der Waals surface area (Å²) in [4.78, 5) is 15.7. The monoisotopic (exact) mass is 638 g/mol. The largest absolute Gasteiger partial charge is 0.455 e. The molecule has 0 atom stereocenters. The minimum absolute atomic E-state index is 0.642. The Balaban J connectivity index is 1.19. The molecule has 0 amide bonds. The van der Waals surface area contributed by atoms with E-state index in [-0.39, 0.29) is 0 Å². The molecule has 4 aromatic heterocycles. The van der Waals surface area contributed by atoms with Gasteiger partial charge in [-0.15, -0.1) is 0 Å². The van der Waals surface area contributed by atoms with Crippen LogP contribution in [0.15, 0.2) is 162 Å². The fourth-order valence-corrected chi connectivity index (χ4v) is 7.75. The third kappa shape index (κ3) is 3.86. The van der Waals surface area contributed by atoms with Gasteiger partial charge in [-0.1, -0.05) is 115 Å². The first-order valence-corrected chi connectivity index (χ1v) is 16.8. The molecule has 11 rings (SSSR count). The van der Waals surface area contributed by atoms with E-state index < -0.39 is 0 Å². The van der Waals surface area contributed by atoms with Crippen LogP contribution < -0.4 is 0 Å². The zero-order valence-electron chi connectivity index (χ0n) is 26.7. The number of pyridine rings is 1. The van der Waals surface area contributed by atoms with Crippen LogP contribution in [0.25, 0.3) is 105 Å². The minimum atomic E-state index is 0.642. The van der Waals surface area contributed by atoms with Crippen LogP contribution in [-0.4, -0.2) is 19.5 Å². The highest BCUT2D eigenvalue weighted by molar-refractivity contribution is 6.25. The van der Waals surface area contributed by atoms with Gasteiger partial charge in [0.25, 0.3) is 0 Å². The van der Waals surface area contributed by atoms with Gasteiger partial charge in [-0.3, -0.25) is 4.57 Å². The predicted octanol–water partition coefficient (Wildman–Crippen LogP) is 11.7. The first-order valence-electron chi connectivity index (χ1n) is 16.8. The molecule has 0 aliphatic rings. The molecule has 0 spiro atoms. The highest BCUT2D eigenvalue weighted by Gasteiger charge is 2.20. The number of fused-ring (bicyclic) bond motifs is 11. The lowest BCUT2D eigenvalue weighted by molar-refractivity contribution is 0.673. The number of benzene rings is 7. The smallest absolute Gasteiger partial charge is 0.235 e. The Bertz CT molecular complexity index is 3160. The van der Waals surface area contributed by atoms with Crippen molar-refractivity contribution in [2.24, 2.45) is 0 Å². The molecule has 0 bridgehead atoms. The molecular weight excluding hydrogens is 613 g/mol. The average molecular weight is 639 g/mol. The molecule has 11 aromatic rings. The average Bonchev–Trinajstić information content (AvgIpc) is 3.73. The number of hydrogen-bond acceptors (Lipinski definition) is 4. The number of furan rings is 1. The molecule has 0 unspecified atom stereocenters. The van der Waals surface area contributed by atoms with Gasteiger partial charge in [0.1, 0.15) is 11.2 Å². The predicted molar refractivity (Wildman–Crippen MR) is 205 cm³/mol. The summed E-state index contributed by atoms with van der Waals surface area (Å²) in [5, 5.41) is 8.72. The Kier molecular flexibility index (Phi) is 5.60. The molecule has 0 saturated heterocycles. The van der Waals surface area contributed by atoms with E-state index in [1.54, 1.807) is 0 Å². The zero-order chi connectivity index (χ0) is 32.8. The van der Waals surface area contributed by atoms with Gasteiger partial charge < -0.3 is 4.42 Å². The first kappa shape index (κ1) is 27.1. The molecule has 50 heavy (non-hydrogen) atoms. The van der Waals surface area contributed by atoms with Gasteiger partial charge in [0, 0.05) is 54.2 Å². The van der Waals surface area contributed by atoms with Crippen molar-refractivity contribution in [3.63, 3.8) is 0 Å². The van der Waals surface area contributed by atoms with Gasteiger partial charge in [0.2, 0.25) is 5.95 Å².